The predicted octanol–water partition coefficient (Wildman–Crippen LogP) is 2.53. The Morgan fingerprint density at radius 1 is 1.14 bits per heavy atom. The van der Waals surface area contributed by atoms with Crippen molar-refractivity contribution in [1.82, 2.24) is 15.1 Å². The topological polar surface area (TPSA) is 66.1 Å². The summed E-state index contributed by atoms with van der Waals surface area (Å²) in [6.45, 7) is 15.0. The minimum atomic E-state index is -0.164. The molecule has 0 spiro atoms. The molecule has 0 aromatic heterocycles. The highest BCUT2D eigenvalue weighted by Crippen LogP contribution is 2.20. The van der Waals surface area contributed by atoms with E-state index in [2.05, 4.69) is 54.2 Å². The van der Waals surface area contributed by atoms with Gasteiger partial charge in [0, 0.05) is 50.5 Å². The highest BCUT2D eigenvalue weighted by Gasteiger charge is 2.28. The first kappa shape index (κ1) is 22.0. The van der Waals surface area contributed by atoms with Crippen LogP contribution in [0, 0.1) is 0 Å². The maximum atomic E-state index is 12.6. The smallest absolute Gasteiger partial charge is 0.319 e. The molecule has 0 radical (unpaired) electrons. The number of benzene rings is 1. The summed E-state index contributed by atoms with van der Waals surface area (Å²) in [5.41, 5.74) is 1.87. The number of nitrogens with one attached hydrogen (secondary N) is 2. The van der Waals surface area contributed by atoms with Crippen molar-refractivity contribution in [1.29, 1.82) is 0 Å². The average Bonchev–Trinajstić information content (AvgIpc) is 2.68. The van der Waals surface area contributed by atoms with Crippen LogP contribution in [0.15, 0.2) is 24.3 Å². The first-order chi connectivity index (χ1) is 13.8. The fourth-order valence-corrected chi connectivity index (χ4v) is 4.18. The predicted molar refractivity (Wildman–Crippen MR) is 115 cm³/mol. The molecule has 2 unspecified atom stereocenters. The van der Waals surface area contributed by atoms with E-state index in [-0.39, 0.29) is 23.8 Å². The minimum absolute atomic E-state index is 0.110. The van der Waals surface area contributed by atoms with Gasteiger partial charge in [0.25, 0.3) is 0 Å². The van der Waals surface area contributed by atoms with Crippen LogP contribution in [0.25, 0.3) is 0 Å². The van der Waals surface area contributed by atoms with Crippen molar-refractivity contribution >= 4 is 11.7 Å². The van der Waals surface area contributed by atoms with Crippen LogP contribution in [0.1, 0.15) is 33.3 Å². The minimum Gasteiger partial charge on any atom is -0.379 e. The molecule has 29 heavy (non-hydrogen) atoms. The molecule has 0 saturated carbocycles. The van der Waals surface area contributed by atoms with Gasteiger partial charge in [-0.2, -0.15) is 0 Å². The number of rotatable bonds is 6. The number of para-hydroxylation sites is 1. The molecule has 0 bridgehead atoms. The van der Waals surface area contributed by atoms with Gasteiger partial charge < -0.3 is 20.1 Å². The molecule has 2 saturated heterocycles. The van der Waals surface area contributed by atoms with Gasteiger partial charge in [-0.05, 0) is 39.3 Å². The summed E-state index contributed by atoms with van der Waals surface area (Å²) >= 11 is 0. The van der Waals surface area contributed by atoms with Crippen LogP contribution in [0.3, 0.4) is 0 Å². The third kappa shape index (κ3) is 6.40. The van der Waals surface area contributed by atoms with E-state index in [4.69, 9.17) is 9.47 Å². The molecule has 3 rings (SSSR count). The van der Waals surface area contributed by atoms with Gasteiger partial charge in [0.2, 0.25) is 0 Å². The maximum Gasteiger partial charge on any atom is 0.319 e. The molecule has 2 heterocycles. The van der Waals surface area contributed by atoms with Crippen LogP contribution in [0.5, 0.6) is 0 Å². The molecule has 1 aromatic carbocycles. The molecule has 162 valence electrons. The van der Waals surface area contributed by atoms with E-state index in [0.717, 1.165) is 57.2 Å². The lowest BCUT2D eigenvalue weighted by molar-refractivity contribution is -0.0704. The van der Waals surface area contributed by atoms with Crippen LogP contribution < -0.4 is 10.6 Å². The number of nitrogens with zero attached hydrogens (tertiary/aromatic N) is 2. The molecule has 7 heteroatoms. The normalized spacial score (nSPS) is 24.3. The van der Waals surface area contributed by atoms with Gasteiger partial charge >= 0.3 is 6.03 Å². The van der Waals surface area contributed by atoms with Crippen molar-refractivity contribution in [3.63, 3.8) is 0 Å². The van der Waals surface area contributed by atoms with Gasteiger partial charge in [-0.15, -0.1) is 0 Å². The van der Waals surface area contributed by atoms with E-state index in [0.29, 0.717) is 6.54 Å². The zero-order valence-electron chi connectivity index (χ0n) is 18.2. The fourth-order valence-electron chi connectivity index (χ4n) is 4.18. The van der Waals surface area contributed by atoms with Crippen molar-refractivity contribution in [3.8, 4) is 0 Å². The molecule has 2 N–H and O–H groups in total. The lowest BCUT2D eigenvalue weighted by Crippen LogP contribution is -2.55. The first-order valence-corrected chi connectivity index (χ1v) is 10.7. The second kappa shape index (κ2) is 9.89. The van der Waals surface area contributed by atoms with E-state index in [9.17, 15) is 4.79 Å². The SMILES string of the molecule is CC1CN(Cc2ccccc2NC(=O)NCC(C)(C)N2CCOCC2)CC(C)O1. The highest BCUT2D eigenvalue weighted by atomic mass is 16.5. The third-order valence-corrected chi connectivity index (χ3v) is 5.70. The molecule has 2 atom stereocenters. The molecule has 7 nitrogen and oxygen atoms in total. The summed E-state index contributed by atoms with van der Waals surface area (Å²) in [5, 5.41) is 6.09. The van der Waals surface area contributed by atoms with Crippen molar-refractivity contribution in [3.05, 3.63) is 29.8 Å². The Labute approximate surface area is 174 Å². The summed E-state index contributed by atoms with van der Waals surface area (Å²) in [6, 6.07) is 7.87. The van der Waals surface area contributed by atoms with Crippen molar-refractivity contribution < 1.29 is 14.3 Å². The lowest BCUT2D eigenvalue weighted by atomic mass is 10.0. The van der Waals surface area contributed by atoms with Crippen LogP contribution in [-0.2, 0) is 16.0 Å². The standard InChI is InChI=1S/C22H36N4O3/c1-17-13-25(14-18(2)29-17)15-19-7-5-6-8-20(19)24-21(27)23-16-22(3,4)26-9-11-28-12-10-26/h5-8,17-18H,9-16H2,1-4H3,(H2,23,24,27). The number of amides is 2. The Morgan fingerprint density at radius 2 is 1.79 bits per heavy atom. The second-order valence-corrected chi connectivity index (χ2v) is 8.83. The summed E-state index contributed by atoms with van der Waals surface area (Å²) in [7, 11) is 0. The van der Waals surface area contributed by atoms with Crippen LogP contribution in [-0.4, -0.2) is 79.5 Å². The zero-order chi connectivity index (χ0) is 20.9. The lowest BCUT2D eigenvalue weighted by Gasteiger charge is -2.40. The number of urea groups is 1. The Kier molecular flexibility index (Phi) is 7.51. The van der Waals surface area contributed by atoms with Gasteiger partial charge in [0.1, 0.15) is 0 Å². The van der Waals surface area contributed by atoms with E-state index in [1.165, 1.54) is 0 Å². The monoisotopic (exact) mass is 404 g/mol. The molecule has 2 amide bonds. The molecular formula is C22H36N4O3. The first-order valence-electron chi connectivity index (χ1n) is 10.7. The Morgan fingerprint density at radius 3 is 2.48 bits per heavy atom. The van der Waals surface area contributed by atoms with Gasteiger partial charge in [0.05, 0.1) is 25.4 Å². The van der Waals surface area contributed by atoms with E-state index in [1.54, 1.807) is 0 Å². The largest absolute Gasteiger partial charge is 0.379 e. The van der Waals surface area contributed by atoms with E-state index in [1.807, 2.05) is 18.2 Å². The molecule has 0 aliphatic carbocycles. The van der Waals surface area contributed by atoms with Crippen LogP contribution in [0.4, 0.5) is 10.5 Å². The average molecular weight is 405 g/mol. The molecule has 2 fully saturated rings. The number of hydrogen-bond acceptors (Lipinski definition) is 5. The number of carbonyl (C=O) groups is 1. The molecule has 2 aliphatic heterocycles. The molecule has 2 aliphatic rings. The van der Waals surface area contributed by atoms with Gasteiger partial charge in [0.15, 0.2) is 0 Å². The summed E-state index contributed by atoms with van der Waals surface area (Å²) in [5.74, 6) is 0. The summed E-state index contributed by atoms with van der Waals surface area (Å²) in [4.78, 5) is 17.3. The third-order valence-electron chi connectivity index (χ3n) is 5.70. The number of hydrogen-bond donors (Lipinski definition) is 2. The Bertz CT molecular complexity index is 666. The number of morpholine rings is 2. The van der Waals surface area contributed by atoms with Gasteiger partial charge in [-0.1, -0.05) is 18.2 Å². The highest BCUT2D eigenvalue weighted by molar-refractivity contribution is 5.90. The van der Waals surface area contributed by atoms with Crippen molar-refractivity contribution in [2.75, 3.05) is 51.3 Å². The Balaban J connectivity index is 1.55. The zero-order valence-corrected chi connectivity index (χ0v) is 18.2. The fraction of sp³-hybridized carbons (Fsp3) is 0.682. The number of anilines is 1. The summed E-state index contributed by atoms with van der Waals surface area (Å²) in [6.07, 6.45) is 0.453. The molecular weight excluding hydrogens is 368 g/mol. The van der Waals surface area contributed by atoms with Crippen LogP contribution >= 0.6 is 0 Å². The maximum absolute atomic E-state index is 12.6. The number of ether oxygens (including phenoxy) is 2. The second-order valence-electron chi connectivity index (χ2n) is 8.83. The quantitative estimate of drug-likeness (QED) is 0.763. The molecule has 1 aromatic rings. The Hall–Kier alpha value is -1.67. The van der Waals surface area contributed by atoms with Crippen LogP contribution in [0.2, 0.25) is 0 Å². The van der Waals surface area contributed by atoms with Gasteiger partial charge in [-0.3, -0.25) is 9.80 Å². The van der Waals surface area contributed by atoms with Crippen molar-refractivity contribution in [2.24, 2.45) is 0 Å². The summed E-state index contributed by atoms with van der Waals surface area (Å²) < 4.78 is 11.3. The van der Waals surface area contributed by atoms with Gasteiger partial charge in [-0.25, -0.2) is 4.79 Å². The van der Waals surface area contributed by atoms with E-state index >= 15 is 0 Å². The number of carbonyl (C=O) groups excluding carboxylic acids is 1. The van der Waals surface area contributed by atoms with Crippen molar-refractivity contribution in [2.45, 2.75) is 52.0 Å². The van der Waals surface area contributed by atoms with E-state index < -0.39 is 0 Å².